The average Bonchev–Trinajstić information content (AvgIpc) is 3.30. The SMILES string of the molecule is C/C(=N/NC(=O)C(=O)NC1CC1)c1cccc(N2CCCC2=O)c1. The molecule has 7 heteroatoms. The molecule has 0 bridgehead atoms. The fourth-order valence-electron chi connectivity index (χ4n) is 2.55. The van der Waals surface area contributed by atoms with E-state index in [9.17, 15) is 14.4 Å². The molecule has 1 aromatic rings. The number of hydrogen-bond acceptors (Lipinski definition) is 4. The molecule has 2 fully saturated rings. The Morgan fingerprint density at radius 3 is 2.71 bits per heavy atom. The zero-order valence-electron chi connectivity index (χ0n) is 13.5. The highest BCUT2D eigenvalue weighted by Gasteiger charge is 2.26. The van der Waals surface area contributed by atoms with Gasteiger partial charge in [-0.25, -0.2) is 5.43 Å². The van der Waals surface area contributed by atoms with Crippen molar-refractivity contribution in [2.24, 2.45) is 5.10 Å². The van der Waals surface area contributed by atoms with Crippen molar-refractivity contribution < 1.29 is 14.4 Å². The van der Waals surface area contributed by atoms with Gasteiger partial charge in [-0.05, 0) is 43.9 Å². The van der Waals surface area contributed by atoms with Gasteiger partial charge in [0.1, 0.15) is 0 Å². The van der Waals surface area contributed by atoms with Crippen molar-refractivity contribution in [3.8, 4) is 0 Å². The number of benzene rings is 1. The number of rotatable bonds is 4. The van der Waals surface area contributed by atoms with E-state index < -0.39 is 11.8 Å². The van der Waals surface area contributed by atoms with Gasteiger partial charge in [0.2, 0.25) is 5.91 Å². The topological polar surface area (TPSA) is 90.9 Å². The second kappa shape index (κ2) is 6.82. The van der Waals surface area contributed by atoms with Crippen LogP contribution in [0.1, 0.15) is 38.2 Å². The number of hydrogen-bond donors (Lipinski definition) is 2. The molecule has 1 heterocycles. The molecule has 3 amide bonds. The molecule has 1 saturated carbocycles. The number of hydrazone groups is 1. The van der Waals surface area contributed by atoms with Crippen molar-refractivity contribution in [3.63, 3.8) is 0 Å². The van der Waals surface area contributed by atoms with Gasteiger partial charge in [-0.3, -0.25) is 14.4 Å². The molecule has 1 aliphatic carbocycles. The lowest BCUT2D eigenvalue weighted by Gasteiger charge is -2.16. The van der Waals surface area contributed by atoms with Crippen molar-refractivity contribution in [2.45, 2.75) is 38.6 Å². The number of anilines is 1. The van der Waals surface area contributed by atoms with Crippen LogP contribution in [0.3, 0.4) is 0 Å². The van der Waals surface area contributed by atoms with Crippen molar-refractivity contribution in [1.82, 2.24) is 10.7 Å². The molecule has 1 aliphatic heterocycles. The normalized spacial score (nSPS) is 17.8. The van der Waals surface area contributed by atoms with Gasteiger partial charge in [0, 0.05) is 24.7 Å². The Balaban J connectivity index is 1.65. The first-order valence-corrected chi connectivity index (χ1v) is 8.10. The lowest BCUT2D eigenvalue weighted by molar-refractivity contribution is -0.139. The summed E-state index contributed by atoms with van der Waals surface area (Å²) < 4.78 is 0. The van der Waals surface area contributed by atoms with Gasteiger partial charge in [-0.1, -0.05) is 12.1 Å². The highest BCUT2D eigenvalue weighted by atomic mass is 16.2. The van der Waals surface area contributed by atoms with Gasteiger partial charge < -0.3 is 10.2 Å². The zero-order valence-corrected chi connectivity index (χ0v) is 13.5. The first-order chi connectivity index (χ1) is 11.5. The smallest absolute Gasteiger partial charge is 0.329 e. The minimum absolute atomic E-state index is 0.117. The van der Waals surface area contributed by atoms with Crippen molar-refractivity contribution in [2.75, 3.05) is 11.4 Å². The quantitative estimate of drug-likeness (QED) is 0.489. The summed E-state index contributed by atoms with van der Waals surface area (Å²) in [5, 5.41) is 6.59. The van der Waals surface area contributed by atoms with E-state index in [4.69, 9.17) is 0 Å². The molecular weight excluding hydrogens is 308 g/mol. The summed E-state index contributed by atoms with van der Waals surface area (Å²) in [6.45, 7) is 2.46. The number of amides is 3. The van der Waals surface area contributed by atoms with Crippen LogP contribution in [0.4, 0.5) is 5.69 Å². The molecule has 0 unspecified atom stereocenters. The fraction of sp³-hybridized carbons (Fsp3) is 0.412. The maximum Gasteiger partial charge on any atom is 0.329 e. The number of nitrogens with zero attached hydrogens (tertiary/aromatic N) is 2. The van der Waals surface area contributed by atoms with Crippen molar-refractivity contribution in [3.05, 3.63) is 29.8 Å². The van der Waals surface area contributed by atoms with Crippen LogP contribution in [0.15, 0.2) is 29.4 Å². The lowest BCUT2D eigenvalue weighted by Crippen LogP contribution is -2.39. The molecule has 24 heavy (non-hydrogen) atoms. The maximum absolute atomic E-state index is 11.8. The van der Waals surface area contributed by atoms with Gasteiger partial charge in [-0.15, -0.1) is 0 Å². The van der Waals surface area contributed by atoms with Gasteiger partial charge in [0.15, 0.2) is 0 Å². The minimum Gasteiger partial charge on any atom is -0.345 e. The van der Waals surface area contributed by atoms with Crippen LogP contribution < -0.4 is 15.6 Å². The van der Waals surface area contributed by atoms with Gasteiger partial charge in [-0.2, -0.15) is 5.10 Å². The number of carbonyl (C=O) groups is 3. The molecule has 0 spiro atoms. The van der Waals surface area contributed by atoms with Gasteiger partial charge in [0.25, 0.3) is 0 Å². The highest BCUT2D eigenvalue weighted by Crippen LogP contribution is 2.22. The average molecular weight is 328 g/mol. The Kier molecular flexibility index (Phi) is 4.59. The molecule has 1 saturated heterocycles. The molecule has 3 rings (SSSR count). The molecule has 1 aromatic carbocycles. The van der Waals surface area contributed by atoms with E-state index in [-0.39, 0.29) is 11.9 Å². The molecule has 126 valence electrons. The molecule has 0 aromatic heterocycles. The van der Waals surface area contributed by atoms with Crippen molar-refractivity contribution >= 4 is 29.1 Å². The first-order valence-electron chi connectivity index (χ1n) is 8.10. The van der Waals surface area contributed by atoms with Gasteiger partial charge in [0.05, 0.1) is 5.71 Å². The predicted molar refractivity (Wildman–Crippen MR) is 89.5 cm³/mol. The first kappa shape index (κ1) is 16.2. The third-order valence-electron chi connectivity index (χ3n) is 4.09. The van der Waals surface area contributed by atoms with E-state index in [0.717, 1.165) is 37.1 Å². The van der Waals surface area contributed by atoms with Crippen LogP contribution in [-0.2, 0) is 14.4 Å². The Hall–Kier alpha value is -2.70. The summed E-state index contributed by atoms with van der Waals surface area (Å²) in [4.78, 5) is 36.8. The number of carbonyl (C=O) groups excluding carboxylic acids is 3. The van der Waals surface area contributed by atoms with Crippen molar-refractivity contribution in [1.29, 1.82) is 0 Å². The maximum atomic E-state index is 11.8. The molecule has 7 nitrogen and oxygen atoms in total. The Morgan fingerprint density at radius 2 is 2.04 bits per heavy atom. The predicted octanol–water partition coefficient (Wildman–Crippen LogP) is 0.932. The summed E-state index contributed by atoms with van der Waals surface area (Å²) in [5.74, 6) is -1.32. The summed E-state index contributed by atoms with van der Waals surface area (Å²) in [5.41, 5.74) is 4.44. The molecule has 2 aliphatic rings. The van der Waals surface area contributed by atoms with Crippen LogP contribution in [0.5, 0.6) is 0 Å². The van der Waals surface area contributed by atoms with E-state index in [0.29, 0.717) is 12.1 Å². The highest BCUT2D eigenvalue weighted by molar-refractivity contribution is 6.35. The minimum atomic E-state index is -0.771. The zero-order chi connectivity index (χ0) is 17.1. The van der Waals surface area contributed by atoms with Crippen LogP contribution in [0.2, 0.25) is 0 Å². The van der Waals surface area contributed by atoms with E-state index in [1.54, 1.807) is 11.8 Å². The molecule has 2 N–H and O–H groups in total. The fourth-order valence-corrected chi connectivity index (χ4v) is 2.55. The van der Waals surface area contributed by atoms with Crippen LogP contribution in [0.25, 0.3) is 0 Å². The van der Waals surface area contributed by atoms with Crippen LogP contribution >= 0.6 is 0 Å². The van der Waals surface area contributed by atoms with Crippen LogP contribution in [0, 0.1) is 0 Å². The van der Waals surface area contributed by atoms with Crippen LogP contribution in [-0.4, -0.2) is 36.0 Å². The summed E-state index contributed by atoms with van der Waals surface area (Å²) in [6.07, 6.45) is 3.28. The Morgan fingerprint density at radius 1 is 1.25 bits per heavy atom. The Labute approximate surface area is 140 Å². The summed E-state index contributed by atoms with van der Waals surface area (Å²) in [7, 11) is 0. The molecule has 0 atom stereocenters. The number of nitrogens with one attached hydrogen (secondary N) is 2. The molecule has 0 radical (unpaired) electrons. The summed E-state index contributed by atoms with van der Waals surface area (Å²) in [6, 6.07) is 7.55. The second-order valence-corrected chi connectivity index (χ2v) is 6.09. The lowest BCUT2D eigenvalue weighted by atomic mass is 10.1. The van der Waals surface area contributed by atoms with Gasteiger partial charge >= 0.3 is 11.8 Å². The Bertz CT molecular complexity index is 710. The monoisotopic (exact) mass is 328 g/mol. The van der Waals surface area contributed by atoms with E-state index in [2.05, 4.69) is 15.8 Å². The second-order valence-electron chi connectivity index (χ2n) is 6.09. The largest absolute Gasteiger partial charge is 0.345 e. The third-order valence-corrected chi connectivity index (χ3v) is 4.09. The summed E-state index contributed by atoms with van der Waals surface area (Å²) >= 11 is 0. The van der Waals surface area contributed by atoms with E-state index in [1.807, 2.05) is 24.3 Å². The standard InChI is InChI=1S/C17H20N4O3/c1-11(19-20-17(24)16(23)18-13-7-8-13)12-4-2-5-14(10-12)21-9-3-6-15(21)22/h2,4-5,10,13H,3,6-9H2,1H3,(H,18,23)(H,20,24)/b19-11-. The van der Waals surface area contributed by atoms with E-state index in [1.165, 1.54) is 0 Å². The van der Waals surface area contributed by atoms with E-state index >= 15 is 0 Å². The molecular formula is C17H20N4O3. The third kappa shape index (κ3) is 3.79.